The van der Waals surface area contributed by atoms with E-state index in [1.165, 1.54) is 25.7 Å². The summed E-state index contributed by atoms with van der Waals surface area (Å²) in [6.45, 7) is 8.37. The molecule has 0 bridgehead atoms. The Balaban J connectivity index is 0. The summed E-state index contributed by atoms with van der Waals surface area (Å²) in [7, 11) is 0. The molecule has 0 aromatic rings. The Bertz CT molecular complexity index is 50.7. The minimum Gasteiger partial charge on any atom is -0.343 e. The van der Waals surface area contributed by atoms with Crippen LogP contribution in [0.25, 0.3) is 0 Å². The summed E-state index contributed by atoms with van der Waals surface area (Å²) in [5.41, 5.74) is 0. The van der Waals surface area contributed by atoms with Crippen molar-refractivity contribution >= 4 is 0 Å². The molecule has 56 valence electrons. The molecular weight excluding hydrogens is 197 g/mol. The molecule has 0 N–H and O–H groups in total. The van der Waals surface area contributed by atoms with Crippen LogP contribution in [0.5, 0.6) is 0 Å². The zero-order chi connectivity index (χ0) is 7.11. The predicted molar refractivity (Wildman–Crippen MR) is 43.3 cm³/mol. The van der Waals surface area contributed by atoms with Crippen molar-refractivity contribution in [2.45, 2.75) is 46.0 Å². The maximum absolute atomic E-state index is 3.80. The van der Waals surface area contributed by atoms with Crippen molar-refractivity contribution < 1.29 is 32.7 Å². The van der Waals surface area contributed by atoms with Crippen molar-refractivity contribution in [1.82, 2.24) is 0 Å². The normalized spacial score (nSPS) is 9.60. The van der Waals surface area contributed by atoms with Crippen LogP contribution >= 0.6 is 0 Å². The largest absolute Gasteiger partial charge is 3.00 e. The fraction of sp³-hybridized carbons (Fsp3) is 0.889. The fourth-order valence-electron chi connectivity index (χ4n) is 0.906. The molecule has 0 amide bonds. The number of hydrogen-bond acceptors (Lipinski definition) is 0. The van der Waals surface area contributed by atoms with E-state index >= 15 is 0 Å². The van der Waals surface area contributed by atoms with Gasteiger partial charge in [0.25, 0.3) is 0 Å². The van der Waals surface area contributed by atoms with E-state index in [4.69, 9.17) is 0 Å². The maximum Gasteiger partial charge on any atom is 3.00 e. The van der Waals surface area contributed by atoms with Crippen LogP contribution in [-0.4, -0.2) is 0 Å². The van der Waals surface area contributed by atoms with Gasteiger partial charge in [-0.25, -0.2) is 0 Å². The third-order valence-corrected chi connectivity index (χ3v) is 1.53. The second-order valence-electron chi connectivity index (χ2n) is 3.10. The first-order valence-corrected chi connectivity index (χ1v) is 4.06. The van der Waals surface area contributed by atoms with Gasteiger partial charge in [-0.15, -0.1) is 0 Å². The van der Waals surface area contributed by atoms with Gasteiger partial charge in [0, 0.05) is 0 Å². The van der Waals surface area contributed by atoms with Gasteiger partial charge in [-0.3, -0.25) is 0 Å². The molecule has 0 fully saturated rings. The summed E-state index contributed by atoms with van der Waals surface area (Å²) >= 11 is 0. The summed E-state index contributed by atoms with van der Waals surface area (Å²) in [6, 6.07) is 0. The van der Waals surface area contributed by atoms with Crippen molar-refractivity contribution in [3.63, 3.8) is 0 Å². The molecule has 0 aromatic heterocycles. The minimum absolute atomic E-state index is 0. The maximum atomic E-state index is 3.80. The van der Waals surface area contributed by atoms with E-state index in [-0.39, 0.29) is 32.7 Å². The Labute approximate surface area is 91.0 Å². The summed E-state index contributed by atoms with van der Waals surface area (Å²) in [5, 5.41) is 0. The fourth-order valence-corrected chi connectivity index (χ4v) is 0.906. The van der Waals surface area contributed by atoms with Crippen LogP contribution in [0.1, 0.15) is 46.0 Å². The first kappa shape index (κ1) is 13.7. The Kier molecular flexibility index (Phi) is 13.8. The molecule has 0 spiro atoms. The molecule has 0 aliphatic rings. The third kappa shape index (κ3) is 11.8. The molecule has 0 aliphatic heterocycles. The molecule has 0 saturated carbocycles. The van der Waals surface area contributed by atoms with E-state index in [9.17, 15) is 0 Å². The van der Waals surface area contributed by atoms with Gasteiger partial charge in [0.1, 0.15) is 0 Å². The Morgan fingerprint density at radius 2 is 1.70 bits per heavy atom. The molecule has 0 nitrogen and oxygen atoms in total. The van der Waals surface area contributed by atoms with Crippen LogP contribution in [0, 0.1) is 12.8 Å². The first-order valence-electron chi connectivity index (χ1n) is 4.06. The molecule has 0 rings (SSSR count). The third-order valence-electron chi connectivity index (χ3n) is 1.53. The van der Waals surface area contributed by atoms with E-state index in [1.807, 2.05) is 0 Å². The van der Waals surface area contributed by atoms with Gasteiger partial charge in [-0.05, 0) is 5.92 Å². The van der Waals surface area contributed by atoms with Crippen LogP contribution in [0.4, 0.5) is 0 Å². The molecule has 0 saturated heterocycles. The molecule has 0 unspecified atom stereocenters. The van der Waals surface area contributed by atoms with Crippen LogP contribution < -0.4 is 0 Å². The molecule has 0 aromatic carbocycles. The summed E-state index contributed by atoms with van der Waals surface area (Å²) < 4.78 is 0. The second-order valence-corrected chi connectivity index (χ2v) is 3.10. The standard InChI is InChI=1S/C9H19.Y/c1-4-5-6-7-8-9(2)3;/h9H,1,4-8H2,2-3H3;/q-1;+3. The molecule has 0 aliphatic carbocycles. The van der Waals surface area contributed by atoms with Gasteiger partial charge in [0.15, 0.2) is 0 Å². The van der Waals surface area contributed by atoms with Crippen LogP contribution in [-0.2, 0) is 32.7 Å². The SMILES string of the molecule is [CH2-]CCCCCC(C)C.[Y+3]. The average molecular weight is 216 g/mol. The van der Waals surface area contributed by atoms with Gasteiger partial charge in [-0.1, -0.05) is 39.5 Å². The average Bonchev–Trinajstić information content (AvgIpc) is 1.80. The van der Waals surface area contributed by atoms with E-state index in [0.29, 0.717) is 0 Å². The Hall–Kier alpha value is 1.10. The second kappa shape index (κ2) is 10.1. The number of hydrogen-bond donors (Lipinski definition) is 0. The molecule has 0 atom stereocenters. The summed E-state index contributed by atoms with van der Waals surface area (Å²) in [6.07, 6.45) is 6.58. The monoisotopic (exact) mass is 216 g/mol. The van der Waals surface area contributed by atoms with Gasteiger partial charge in [-0.2, -0.15) is 6.42 Å². The molecule has 10 heavy (non-hydrogen) atoms. The van der Waals surface area contributed by atoms with E-state index in [2.05, 4.69) is 20.8 Å². The van der Waals surface area contributed by atoms with Crippen LogP contribution in [0.3, 0.4) is 0 Å². The molecule has 0 heterocycles. The van der Waals surface area contributed by atoms with Crippen molar-refractivity contribution in [3.05, 3.63) is 6.92 Å². The van der Waals surface area contributed by atoms with E-state index in [0.717, 1.165) is 12.3 Å². The van der Waals surface area contributed by atoms with Crippen molar-refractivity contribution in [1.29, 1.82) is 0 Å². The van der Waals surface area contributed by atoms with Gasteiger partial charge >= 0.3 is 32.7 Å². The zero-order valence-electron chi connectivity index (χ0n) is 7.40. The quantitative estimate of drug-likeness (QED) is 0.488. The Morgan fingerprint density at radius 1 is 1.10 bits per heavy atom. The summed E-state index contributed by atoms with van der Waals surface area (Å²) in [4.78, 5) is 0. The van der Waals surface area contributed by atoms with Gasteiger partial charge < -0.3 is 6.92 Å². The van der Waals surface area contributed by atoms with Gasteiger partial charge in [0.05, 0.1) is 0 Å². The van der Waals surface area contributed by atoms with Crippen molar-refractivity contribution in [2.75, 3.05) is 0 Å². The van der Waals surface area contributed by atoms with Crippen molar-refractivity contribution in [3.8, 4) is 0 Å². The topological polar surface area (TPSA) is 0 Å². The van der Waals surface area contributed by atoms with Crippen molar-refractivity contribution in [2.24, 2.45) is 5.92 Å². The number of rotatable bonds is 5. The minimum atomic E-state index is 0. The number of unbranched alkanes of at least 4 members (excludes halogenated alkanes) is 3. The van der Waals surface area contributed by atoms with Gasteiger partial charge in [0.2, 0.25) is 0 Å². The predicted octanol–water partition coefficient (Wildman–Crippen LogP) is 3.42. The molecule has 1 heteroatoms. The first-order chi connectivity index (χ1) is 4.27. The zero-order valence-corrected chi connectivity index (χ0v) is 10.2. The van der Waals surface area contributed by atoms with E-state index in [1.54, 1.807) is 0 Å². The van der Waals surface area contributed by atoms with E-state index < -0.39 is 0 Å². The smallest absolute Gasteiger partial charge is 0.343 e. The van der Waals surface area contributed by atoms with Crippen LogP contribution in [0.2, 0.25) is 0 Å². The van der Waals surface area contributed by atoms with Crippen LogP contribution in [0.15, 0.2) is 0 Å². The molecular formula is C9H19Y+2. The molecule has 0 radical (unpaired) electrons. The summed E-state index contributed by atoms with van der Waals surface area (Å²) in [5.74, 6) is 0.884. The Morgan fingerprint density at radius 3 is 2.10 bits per heavy atom.